The topological polar surface area (TPSA) is 142 Å². The van der Waals surface area contributed by atoms with Crippen LogP contribution < -0.4 is 4.74 Å². The molecule has 4 aliphatic rings. The maximum absolute atomic E-state index is 13.7. The molecule has 6 unspecified atom stereocenters. The number of nitrogens with zero attached hydrogens (tertiary/aromatic N) is 2. The van der Waals surface area contributed by atoms with Crippen molar-refractivity contribution in [3.05, 3.63) is 32.2 Å². The average Bonchev–Trinajstić information content (AvgIpc) is 3.23. The molecule has 3 fully saturated rings. The number of carbonyl (C=O) groups is 5. The molecule has 1 aromatic rings. The summed E-state index contributed by atoms with van der Waals surface area (Å²) in [6, 6.07) is 1.50. The van der Waals surface area contributed by atoms with Crippen molar-refractivity contribution in [2.75, 3.05) is 20.7 Å². The Bertz CT molecular complexity index is 1420. The van der Waals surface area contributed by atoms with E-state index in [0.29, 0.717) is 15.6 Å². The zero-order chi connectivity index (χ0) is 29.5. The van der Waals surface area contributed by atoms with Crippen LogP contribution in [0.4, 0.5) is 0 Å². The average molecular weight is 723 g/mol. The number of ether oxygens (including phenoxy) is 1. The molecule has 10 nitrogen and oxygen atoms in total. The van der Waals surface area contributed by atoms with Crippen LogP contribution in [0.3, 0.4) is 0 Å². The minimum absolute atomic E-state index is 0.0400. The number of aromatic hydroxyl groups is 1. The van der Waals surface area contributed by atoms with Gasteiger partial charge in [-0.2, -0.15) is 0 Å². The van der Waals surface area contributed by atoms with E-state index in [2.05, 4.69) is 31.9 Å². The highest BCUT2D eigenvalue weighted by Gasteiger charge is 2.76. The number of carbonyl (C=O) groups excluding carboxylic acids is 4. The smallest absolute Gasteiger partial charge is 0.303 e. The monoisotopic (exact) mass is 720 g/mol. The molecule has 0 aromatic heterocycles. The third-order valence-electron chi connectivity index (χ3n) is 8.58. The minimum Gasteiger partial charge on any atom is -0.503 e. The second kappa shape index (κ2) is 9.99. The summed E-state index contributed by atoms with van der Waals surface area (Å²) in [6.45, 7) is -0.0400. The number of hydrogen-bond acceptors (Lipinski definition) is 7. The number of phenolic OH excluding ortho intramolecular Hbond substituents is 1. The van der Waals surface area contributed by atoms with Crippen molar-refractivity contribution in [2.45, 2.75) is 41.3 Å². The highest BCUT2D eigenvalue weighted by molar-refractivity contribution is 9.13. The number of rotatable bonds is 6. The van der Waals surface area contributed by atoms with E-state index in [-0.39, 0.29) is 48.2 Å². The van der Waals surface area contributed by atoms with Gasteiger partial charge in [0, 0.05) is 30.4 Å². The molecule has 2 saturated heterocycles. The summed E-state index contributed by atoms with van der Waals surface area (Å²) in [5.74, 6) is -6.81. The van der Waals surface area contributed by atoms with Gasteiger partial charge in [0.05, 0.1) is 23.4 Å². The zero-order valence-electron chi connectivity index (χ0n) is 21.2. The van der Waals surface area contributed by atoms with Gasteiger partial charge in [-0.1, -0.05) is 11.6 Å². The van der Waals surface area contributed by atoms with Crippen LogP contribution in [-0.4, -0.2) is 80.1 Å². The molecule has 14 heteroatoms. The maximum Gasteiger partial charge on any atom is 0.303 e. The number of methoxy groups -OCH3 is 1. The second-order valence-electron chi connectivity index (χ2n) is 10.5. The number of fused-ring (bicyclic) bond motifs is 4. The van der Waals surface area contributed by atoms with Crippen molar-refractivity contribution >= 4 is 84.7 Å². The summed E-state index contributed by atoms with van der Waals surface area (Å²) in [6.07, 6.45) is 1.72. The molecule has 2 aliphatic carbocycles. The standard InChI is InChI=1S/C26H24Br2Cl2N2O8/c1-31-23(38)25(29)9-13-10(5-6-11-16(13)22(37)32(21(11)36)7-3-4-15(33)34)17(26(25,30)24(31)39)12-8-14(40-2)20(35)19(28)18(12)27/h5,8,11,13,16-17,35H,3-4,6-7,9H2,1-2H3,(H,33,34). The molecule has 0 radical (unpaired) electrons. The van der Waals surface area contributed by atoms with E-state index in [9.17, 15) is 29.1 Å². The van der Waals surface area contributed by atoms with Gasteiger partial charge in [-0.05, 0) is 68.7 Å². The van der Waals surface area contributed by atoms with Crippen LogP contribution in [0.25, 0.3) is 0 Å². The molecule has 4 amide bonds. The highest BCUT2D eigenvalue weighted by Crippen LogP contribution is 2.66. The molecular weight excluding hydrogens is 699 g/mol. The van der Waals surface area contributed by atoms with Gasteiger partial charge in [-0.3, -0.25) is 33.8 Å². The van der Waals surface area contributed by atoms with Gasteiger partial charge in [0.25, 0.3) is 11.8 Å². The van der Waals surface area contributed by atoms with Crippen LogP contribution in [0, 0.1) is 17.8 Å². The lowest BCUT2D eigenvalue weighted by Crippen LogP contribution is -2.60. The number of benzene rings is 1. The fourth-order valence-corrected chi connectivity index (χ4v) is 8.71. The van der Waals surface area contributed by atoms with Gasteiger partial charge in [0.1, 0.15) is 0 Å². The van der Waals surface area contributed by atoms with E-state index in [0.717, 1.165) is 9.80 Å². The molecule has 0 spiro atoms. The Balaban J connectivity index is 1.68. The van der Waals surface area contributed by atoms with Gasteiger partial charge in [-0.25, -0.2) is 0 Å². The van der Waals surface area contributed by atoms with Crippen molar-refractivity contribution in [1.82, 2.24) is 9.80 Å². The Labute approximate surface area is 255 Å². The number of likely N-dealkylation sites (tertiary alicyclic amines) is 2. The Morgan fingerprint density at radius 3 is 2.42 bits per heavy atom. The summed E-state index contributed by atoms with van der Waals surface area (Å²) >= 11 is 21.1. The number of carboxylic acids is 1. The third kappa shape index (κ3) is 3.81. The number of hydrogen-bond donors (Lipinski definition) is 2. The van der Waals surface area contributed by atoms with Crippen LogP contribution in [0.5, 0.6) is 11.5 Å². The molecule has 40 heavy (non-hydrogen) atoms. The van der Waals surface area contributed by atoms with Crippen molar-refractivity contribution in [3.63, 3.8) is 0 Å². The van der Waals surface area contributed by atoms with Crippen molar-refractivity contribution in [1.29, 1.82) is 0 Å². The molecule has 6 atom stereocenters. The maximum atomic E-state index is 13.7. The Kier molecular flexibility index (Phi) is 7.33. The first-order valence-electron chi connectivity index (χ1n) is 12.4. The fraction of sp³-hybridized carbons (Fsp3) is 0.500. The molecule has 1 aromatic carbocycles. The van der Waals surface area contributed by atoms with Gasteiger partial charge >= 0.3 is 5.97 Å². The van der Waals surface area contributed by atoms with E-state index in [1.807, 2.05) is 0 Å². The zero-order valence-corrected chi connectivity index (χ0v) is 25.9. The quantitative estimate of drug-likeness (QED) is 0.257. The van der Waals surface area contributed by atoms with E-state index in [1.165, 1.54) is 20.2 Å². The van der Waals surface area contributed by atoms with Gasteiger partial charge in [0.2, 0.25) is 11.8 Å². The first kappa shape index (κ1) is 29.3. The van der Waals surface area contributed by atoms with E-state index >= 15 is 0 Å². The number of imide groups is 2. The lowest BCUT2D eigenvalue weighted by Gasteiger charge is -2.51. The Hall–Kier alpha value is -2.15. The summed E-state index contributed by atoms with van der Waals surface area (Å²) in [5.41, 5.74) is 0.973. The first-order valence-corrected chi connectivity index (χ1v) is 14.8. The molecule has 2 aliphatic heterocycles. The molecule has 214 valence electrons. The summed E-state index contributed by atoms with van der Waals surface area (Å²) in [4.78, 5) is 63.3. The molecule has 2 heterocycles. The van der Waals surface area contributed by atoms with Crippen LogP contribution in [-0.2, 0) is 24.0 Å². The van der Waals surface area contributed by atoms with Crippen LogP contribution in [0.15, 0.2) is 26.7 Å². The minimum atomic E-state index is -1.99. The summed E-state index contributed by atoms with van der Waals surface area (Å²) < 4.78 is 5.92. The lowest BCUT2D eigenvalue weighted by molar-refractivity contribution is -0.142. The normalized spacial score (nSPS) is 33.1. The van der Waals surface area contributed by atoms with E-state index in [1.54, 1.807) is 6.08 Å². The molecule has 0 bridgehead atoms. The fourth-order valence-electron chi connectivity index (χ4n) is 6.74. The van der Waals surface area contributed by atoms with Crippen molar-refractivity contribution in [2.24, 2.45) is 17.8 Å². The van der Waals surface area contributed by atoms with E-state index < -0.39 is 63.0 Å². The van der Waals surface area contributed by atoms with Gasteiger partial charge < -0.3 is 14.9 Å². The molecule has 2 N–H and O–H groups in total. The molecular formula is C26H24Br2Cl2N2O8. The number of alkyl halides is 2. The molecule has 5 rings (SSSR count). The number of aliphatic carboxylic acids is 1. The number of phenols is 1. The predicted octanol–water partition coefficient (Wildman–Crippen LogP) is 3.78. The van der Waals surface area contributed by atoms with Gasteiger partial charge in [0.15, 0.2) is 21.2 Å². The van der Waals surface area contributed by atoms with Gasteiger partial charge in [-0.15, -0.1) is 23.2 Å². The van der Waals surface area contributed by atoms with E-state index in [4.69, 9.17) is 33.0 Å². The first-order chi connectivity index (χ1) is 18.7. The van der Waals surface area contributed by atoms with Crippen LogP contribution in [0.1, 0.15) is 37.2 Å². The Morgan fingerprint density at radius 1 is 1.12 bits per heavy atom. The third-order valence-corrected chi connectivity index (χ3v) is 12.2. The van der Waals surface area contributed by atoms with Crippen molar-refractivity contribution in [3.8, 4) is 11.5 Å². The Morgan fingerprint density at radius 2 is 1.80 bits per heavy atom. The predicted molar refractivity (Wildman–Crippen MR) is 149 cm³/mol. The van der Waals surface area contributed by atoms with Crippen LogP contribution in [0.2, 0.25) is 0 Å². The largest absolute Gasteiger partial charge is 0.503 e. The molecule has 1 saturated carbocycles. The summed E-state index contributed by atoms with van der Waals surface area (Å²) in [5, 5.41) is 19.6. The van der Waals surface area contributed by atoms with Crippen molar-refractivity contribution < 1.29 is 38.9 Å². The number of halogens is 4. The lowest BCUT2D eigenvalue weighted by atomic mass is 9.56. The SMILES string of the molecule is COc1cc(C2C3=CCC4C(=O)N(CCCC(=O)O)C(=O)C4C3CC3(Cl)C(=O)N(C)C(=O)C23Cl)c(Br)c(Br)c1O. The number of carboxylic acid groups (broad SMARTS) is 1. The number of allylic oxidation sites excluding steroid dienone is 2. The highest BCUT2D eigenvalue weighted by atomic mass is 79.9. The van der Waals surface area contributed by atoms with Crippen LogP contribution >= 0.6 is 55.1 Å². The number of amides is 4. The second-order valence-corrected chi connectivity index (χ2v) is 13.3. The summed E-state index contributed by atoms with van der Waals surface area (Å²) in [7, 11) is 2.65.